The molecular weight excluding hydrogens is 395 g/mol. The molecule has 1 amide bonds. The second-order valence-corrected chi connectivity index (χ2v) is 7.88. The van der Waals surface area contributed by atoms with Gasteiger partial charge in [0.2, 0.25) is 0 Å². The average molecular weight is 418 g/mol. The summed E-state index contributed by atoms with van der Waals surface area (Å²) >= 11 is 0. The zero-order valence-electron chi connectivity index (χ0n) is 17.2. The molecule has 0 bridgehead atoms. The second kappa shape index (κ2) is 7.96. The lowest BCUT2D eigenvalue weighted by atomic mass is 10.1. The Morgan fingerprint density at radius 2 is 1.90 bits per heavy atom. The first kappa shape index (κ1) is 19.4. The van der Waals surface area contributed by atoms with E-state index in [2.05, 4.69) is 20.6 Å². The number of carbonyl (C=O) groups is 1. The van der Waals surface area contributed by atoms with Gasteiger partial charge in [0.15, 0.2) is 0 Å². The number of imidazole rings is 1. The Kier molecular flexibility index (Phi) is 4.99. The Hall–Kier alpha value is -3.52. The van der Waals surface area contributed by atoms with Gasteiger partial charge >= 0.3 is 0 Å². The summed E-state index contributed by atoms with van der Waals surface area (Å²) in [4.78, 5) is 17.0. The fourth-order valence-corrected chi connectivity index (χ4v) is 4.06. The van der Waals surface area contributed by atoms with Crippen LogP contribution in [-0.2, 0) is 0 Å². The first-order valence-electron chi connectivity index (χ1n) is 10.4. The van der Waals surface area contributed by atoms with Crippen molar-refractivity contribution in [2.24, 2.45) is 0 Å². The van der Waals surface area contributed by atoms with E-state index in [-0.39, 0.29) is 5.56 Å². The van der Waals surface area contributed by atoms with Crippen LogP contribution >= 0.6 is 0 Å². The quantitative estimate of drug-likeness (QED) is 0.526. The number of benzene rings is 1. The Morgan fingerprint density at radius 1 is 1.10 bits per heavy atom. The lowest BCUT2D eigenvalue weighted by molar-refractivity contribution is 0.0746. The number of amides is 1. The zero-order valence-corrected chi connectivity index (χ0v) is 17.2. The average Bonchev–Trinajstić information content (AvgIpc) is 3.39. The van der Waals surface area contributed by atoms with Crippen LogP contribution in [0.25, 0.3) is 28.0 Å². The van der Waals surface area contributed by atoms with Gasteiger partial charge < -0.3 is 0 Å². The van der Waals surface area contributed by atoms with Crippen LogP contribution in [0.5, 0.6) is 0 Å². The number of hydrazine groups is 1. The van der Waals surface area contributed by atoms with Gasteiger partial charge in [0.05, 0.1) is 23.7 Å². The van der Waals surface area contributed by atoms with Crippen molar-refractivity contribution in [2.45, 2.75) is 26.2 Å². The van der Waals surface area contributed by atoms with Crippen molar-refractivity contribution < 1.29 is 9.18 Å². The summed E-state index contributed by atoms with van der Waals surface area (Å²) in [5, 5.41) is 8.89. The van der Waals surface area contributed by atoms with E-state index >= 15 is 0 Å². The molecule has 1 saturated heterocycles. The number of aryl methyl sites for hydroxylation is 1. The largest absolute Gasteiger partial charge is 0.299 e. The molecule has 0 aliphatic carbocycles. The molecule has 4 heterocycles. The molecular formula is C23H23FN6O. The van der Waals surface area contributed by atoms with Gasteiger partial charge in [-0.1, -0.05) is 12.5 Å². The van der Waals surface area contributed by atoms with Gasteiger partial charge in [-0.25, -0.2) is 14.4 Å². The monoisotopic (exact) mass is 418 g/mol. The number of rotatable bonds is 4. The van der Waals surface area contributed by atoms with E-state index in [9.17, 15) is 9.18 Å². The maximum absolute atomic E-state index is 14.9. The standard InChI is InChI=1S/C23H23FN6O/c1-15-19(12-26-27-15)17-6-8-22-25-13-21(30(22)14-17)16-5-7-18(20(24)11-16)23(31)28-29-9-3-2-4-10-29/h5-8,11-14H,2-4,9-10H2,1H3,(H,26,27)(H,28,31). The van der Waals surface area contributed by atoms with Gasteiger partial charge in [-0.05, 0) is 44.0 Å². The molecule has 0 atom stereocenters. The van der Waals surface area contributed by atoms with Crippen LogP contribution < -0.4 is 5.43 Å². The van der Waals surface area contributed by atoms with Gasteiger partial charge in [-0.15, -0.1) is 0 Å². The number of hydrogen-bond acceptors (Lipinski definition) is 4. The molecule has 2 N–H and O–H groups in total. The summed E-state index contributed by atoms with van der Waals surface area (Å²) in [5.41, 5.74) is 7.96. The van der Waals surface area contributed by atoms with Crippen molar-refractivity contribution >= 4 is 11.6 Å². The van der Waals surface area contributed by atoms with Crippen molar-refractivity contribution in [2.75, 3.05) is 13.1 Å². The van der Waals surface area contributed by atoms with Crippen LogP contribution in [0.1, 0.15) is 35.3 Å². The van der Waals surface area contributed by atoms with Gasteiger partial charge in [0.1, 0.15) is 11.5 Å². The summed E-state index contributed by atoms with van der Waals surface area (Å²) in [7, 11) is 0. The predicted octanol–water partition coefficient (Wildman–Crippen LogP) is 3.97. The Labute approximate surface area is 178 Å². The molecule has 1 aliphatic rings. The van der Waals surface area contributed by atoms with E-state index in [1.165, 1.54) is 12.1 Å². The van der Waals surface area contributed by atoms with Gasteiger partial charge in [0, 0.05) is 41.7 Å². The van der Waals surface area contributed by atoms with E-state index in [1.54, 1.807) is 18.5 Å². The topological polar surface area (TPSA) is 78.3 Å². The van der Waals surface area contributed by atoms with Crippen LogP contribution in [0, 0.1) is 12.7 Å². The molecule has 31 heavy (non-hydrogen) atoms. The van der Waals surface area contributed by atoms with E-state index < -0.39 is 11.7 Å². The molecule has 3 aromatic heterocycles. The maximum Gasteiger partial charge on any atom is 0.268 e. The number of pyridine rings is 1. The first-order chi connectivity index (χ1) is 15.1. The number of piperidine rings is 1. The normalized spacial score (nSPS) is 14.8. The van der Waals surface area contributed by atoms with Crippen LogP contribution in [0.4, 0.5) is 4.39 Å². The number of aromatic amines is 1. The first-order valence-corrected chi connectivity index (χ1v) is 10.4. The van der Waals surface area contributed by atoms with Gasteiger partial charge in [-0.3, -0.25) is 19.7 Å². The molecule has 7 nitrogen and oxygen atoms in total. The minimum atomic E-state index is -0.552. The summed E-state index contributed by atoms with van der Waals surface area (Å²) in [6.45, 7) is 3.56. The molecule has 5 rings (SSSR count). The highest BCUT2D eigenvalue weighted by atomic mass is 19.1. The number of halogens is 1. The smallest absolute Gasteiger partial charge is 0.268 e. The molecule has 1 fully saturated rings. The van der Waals surface area contributed by atoms with Crippen molar-refractivity contribution in [1.82, 2.24) is 30.0 Å². The molecule has 0 radical (unpaired) electrons. The number of hydrogen-bond donors (Lipinski definition) is 2. The second-order valence-electron chi connectivity index (χ2n) is 7.88. The lowest BCUT2D eigenvalue weighted by Gasteiger charge is -2.26. The molecule has 158 valence electrons. The summed E-state index contributed by atoms with van der Waals surface area (Å²) in [6, 6.07) is 8.59. The Morgan fingerprint density at radius 3 is 2.65 bits per heavy atom. The third kappa shape index (κ3) is 3.70. The maximum atomic E-state index is 14.9. The van der Waals surface area contributed by atoms with Crippen LogP contribution in [0.15, 0.2) is 48.9 Å². The molecule has 4 aromatic rings. The fourth-order valence-electron chi connectivity index (χ4n) is 4.06. The zero-order chi connectivity index (χ0) is 21.4. The number of fused-ring (bicyclic) bond motifs is 1. The summed E-state index contributed by atoms with van der Waals surface area (Å²) < 4.78 is 16.8. The summed E-state index contributed by atoms with van der Waals surface area (Å²) in [5.74, 6) is -0.967. The predicted molar refractivity (Wildman–Crippen MR) is 116 cm³/mol. The lowest BCUT2D eigenvalue weighted by Crippen LogP contribution is -2.45. The highest BCUT2D eigenvalue weighted by Gasteiger charge is 2.18. The van der Waals surface area contributed by atoms with Gasteiger partial charge in [-0.2, -0.15) is 5.10 Å². The summed E-state index contributed by atoms with van der Waals surface area (Å²) in [6.07, 6.45) is 8.69. The number of H-pyrrole nitrogens is 1. The molecule has 0 saturated carbocycles. The van der Waals surface area contributed by atoms with Gasteiger partial charge in [0.25, 0.3) is 5.91 Å². The van der Waals surface area contributed by atoms with Crippen molar-refractivity contribution in [3.63, 3.8) is 0 Å². The molecule has 0 spiro atoms. The highest BCUT2D eigenvalue weighted by Crippen LogP contribution is 2.27. The number of nitrogens with one attached hydrogen (secondary N) is 2. The van der Waals surface area contributed by atoms with Crippen LogP contribution in [0.3, 0.4) is 0 Å². The third-order valence-electron chi connectivity index (χ3n) is 5.77. The minimum Gasteiger partial charge on any atom is -0.299 e. The highest BCUT2D eigenvalue weighted by molar-refractivity contribution is 5.94. The number of carbonyl (C=O) groups excluding carboxylic acids is 1. The van der Waals surface area contributed by atoms with Crippen molar-refractivity contribution in [3.05, 3.63) is 66.0 Å². The van der Waals surface area contributed by atoms with E-state index in [1.807, 2.05) is 34.7 Å². The SMILES string of the molecule is Cc1[nH]ncc1-c1ccc2ncc(-c3ccc(C(=O)NN4CCCCC4)c(F)c3)n2c1. The fraction of sp³-hybridized carbons (Fsp3) is 0.261. The molecule has 0 unspecified atom stereocenters. The molecule has 1 aromatic carbocycles. The third-order valence-corrected chi connectivity index (χ3v) is 5.77. The number of nitrogens with zero attached hydrogens (tertiary/aromatic N) is 4. The van der Waals surface area contributed by atoms with E-state index in [4.69, 9.17) is 0 Å². The molecule has 1 aliphatic heterocycles. The van der Waals surface area contributed by atoms with E-state index in [0.717, 1.165) is 60.5 Å². The van der Waals surface area contributed by atoms with Crippen molar-refractivity contribution in [1.29, 1.82) is 0 Å². The van der Waals surface area contributed by atoms with Crippen LogP contribution in [0.2, 0.25) is 0 Å². The Bertz CT molecular complexity index is 1250. The Balaban J connectivity index is 1.45. The molecule has 8 heteroatoms. The van der Waals surface area contributed by atoms with Crippen LogP contribution in [-0.4, -0.2) is 43.6 Å². The van der Waals surface area contributed by atoms with Crippen molar-refractivity contribution in [3.8, 4) is 22.4 Å². The number of aromatic nitrogens is 4. The van der Waals surface area contributed by atoms with E-state index in [0.29, 0.717) is 5.56 Å². The minimum absolute atomic E-state index is 0.0397.